The van der Waals surface area contributed by atoms with E-state index in [1.807, 2.05) is 12.3 Å². The molecule has 1 atom stereocenters. The summed E-state index contributed by atoms with van der Waals surface area (Å²) in [4.78, 5) is 0. The van der Waals surface area contributed by atoms with Gasteiger partial charge in [-0.25, -0.2) is 0 Å². The number of nitrogens with zero attached hydrogens (tertiary/aromatic N) is 1. The molecule has 0 aliphatic carbocycles. The van der Waals surface area contributed by atoms with Crippen molar-refractivity contribution in [1.29, 1.82) is 0 Å². The fraction of sp³-hybridized carbons (Fsp3) is 0.400. The molecule has 44 valence electrons. The Hall–Kier alpha value is -0.670. The van der Waals surface area contributed by atoms with Gasteiger partial charge in [0, 0.05) is 13.2 Å². The summed E-state index contributed by atoms with van der Waals surface area (Å²) in [6, 6.07) is 0. The zero-order valence-electron chi connectivity index (χ0n) is 4.79. The number of hydrogen-bond acceptors (Lipinski definition) is 2. The summed E-state index contributed by atoms with van der Waals surface area (Å²) in [5.41, 5.74) is 0. The third-order valence-corrected chi connectivity index (χ3v) is 0.907. The molecule has 0 radical (unpaired) electrons. The van der Waals surface area contributed by atoms with Gasteiger partial charge in [0.05, 0.1) is 6.21 Å². The van der Waals surface area contributed by atoms with Gasteiger partial charge < -0.3 is 4.74 Å². The van der Waals surface area contributed by atoms with E-state index in [4.69, 9.17) is 4.74 Å². The molecule has 0 spiro atoms. The molecular weight excluding hydrogens is 104 g/mol. The fourth-order valence-electron chi connectivity index (χ4n) is 0.569. The lowest BCUT2D eigenvalue weighted by atomic mass is 10.7. The average Bonchev–Trinajstić information content (AvgIpc) is 2.19. The van der Waals surface area contributed by atoms with Crippen LogP contribution in [0.1, 0.15) is 0 Å². The minimum Gasteiger partial charge on any atom is -0.333 e. The highest BCUT2D eigenvalue weighted by atomic mass is 16.5. The quantitative estimate of drug-likeness (QED) is 0.488. The first-order chi connectivity index (χ1) is 3.93. The van der Waals surface area contributed by atoms with E-state index in [-0.39, 0.29) is 0 Å². The monoisotopic (exact) mass is 113 g/mol. The molecule has 3 nitrogen and oxygen atoms in total. The third-order valence-electron chi connectivity index (χ3n) is 0.907. The molecule has 0 saturated carbocycles. The van der Waals surface area contributed by atoms with Crippen molar-refractivity contribution in [3.8, 4) is 0 Å². The van der Waals surface area contributed by atoms with Crippen molar-refractivity contribution in [2.24, 2.45) is 5.10 Å². The second-order valence-electron chi connectivity index (χ2n) is 1.56. The largest absolute Gasteiger partial charge is 0.333 e. The molecule has 0 saturated heterocycles. The summed E-state index contributed by atoms with van der Waals surface area (Å²) in [5.74, 6) is 0. The van der Waals surface area contributed by atoms with Crippen LogP contribution in [0.25, 0.3) is 0 Å². The molecule has 0 amide bonds. The van der Waals surface area contributed by atoms with E-state index in [1.165, 1.54) is 0 Å². The molecule has 3 heteroatoms. The molecule has 1 N–H and O–H groups in total. The molecular formula is C5H9N2O+. The van der Waals surface area contributed by atoms with Crippen LogP contribution in [-0.2, 0) is 4.74 Å². The Morgan fingerprint density at radius 2 is 2.62 bits per heavy atom. The van der Waals surface area contributed by atoms with E-state index < -0.39 is 0 Å². The molecule has 1 heterocycles. The minimum atomic E-state index is 0.618. The molecule has 1 unspecified atom stereocenters. The maximum absolute atomic E-state index is 4.82. The number of hydrogen-bond donors (Lipinski definition) is 1. The van der Waals surface area contributed by atoms with Crippen LogP contribution in [0.15, 0.2) is 17.4 Å². The molecule has 0 fully saturated rings. The van der Waals surface area contributed by atoms with Crippen molar-refractivity contribution in [2.75, 3.05) is 13.8 Å². The average molecular weight is 113 g/mol. The van der Waals surface area contributed by atoms with Crippen molar-refractivity contribution in [2.45, 2.75) is 0 Å². The molecule has 1 aliphatic heterocycles. The summed E-state index contributed by atoms with van der Waals surface area (Å²) in [7, 11) is 1.66. The fourth-order valence-corrected chi connectivity index (χ4v) is 0.569. The van der Waals surface area contributed by atoms with Crippen LogP contribution in [0.5, 0.6) is 0 Å². The number of rotatable bonds is 2. The lowest BCUT2D eigenvalue weighted by molar-refractivity contribution is -0.872. The van der Waals surface area contributed by atoms with Gasteiger partial charge in [-0.05, 0) is 0 Å². The highest BCUT2D eigenvalue weighted by molar-refractivity contribution is 5.70. The van der Waals surface area contributed by atoms with Crippen molar-refractivity contribution in [3.05, 3.63) is 12.3 Å². The van der Waals surface area contributed by atoms with Crippen molar-refractivity contribution < 1.29 is 9.75 Å². The summed E-state index contributed by atoms with van der Waals surface area (Å²) in [6.07, 6.45) is 5.59. The smallest absolute Gasteiger partial charge is 0.209 e. The Morgan fingerprint density at radius 1 is 1.75 bits per heavy atom. The first-order valence-electron chi connectivity index (χ1n) is 2.49. The minimum absolute atomic E-state index is 0.618. The predicted octanol–water partition coefficient (Wildman–Crippen LogP) is -1.01. The maximum Gasteiger partial charge on any atom is 0.209 e. The first kappa shape index (κ1) is 5.47. The lowest BCUT2D eigenvalue weighted by Gasteiger charge is -1.99. The van der Waals surface area contributed by atoms with Gasteiger partial charge in [-0.15, -0.1) is 0 Å². The van der Waals surface area contributed by atoms with Gasteiger partial charge >= 0.3 is 0 Å². The lowest BCUT2D eigenvalue weighted by Crippen LogP contribution is -3.02. The summed E-state index contributed by atoms with van der Waals surface area (Å²) >= 11 is 0. The predicted molar refractivity (Wildman–Crippen MR) is 30.5 cm³/mol. The van der Waals surface area contributed by atoms with E-state index in [0.717, 1.165) is 5.01 Å². The SMILES string of the molecule is COC[NH+]1C=CC=N1. The Labute approximate surface area is 48.2 Å². The molecule has 0 bridgehead atoms. The number of ether oxygens (including phenoxy) is 1. The number of nitrogens with one attached hydrogen (secondary N) is 1. The first-order valence-corrected chi connectivity index (χ1v) is 2.49. The molecule has 8 heavy (non-hydrogen) atoms. The van der Waals surface area contributed by atoms with Crippen LogP contribution in [0.4, 0.5) is 0 Å². The van der Waals surface area contributed by atoms with Crippen LogP contribution in [-0.4, -0.2) is 20.1 Å². The van der Waals surface area contributed by atoms with Crippen LogP contribution >= 0.6 is 0 Å². The zero-order valence-corrected chi connectivity index (χ0v) is 4.79. The molecule has 0 aromatic heterocycles. The third kappa shape index (κ3) is 1.15. The van der Waals surface area contributed by atoms with E-state index in [1.54, 1.807) is 13.3 Å². The summed E-state index contributed by atoms with van der Waals surface area (Å²) in [6.45, 7) is 0.618. The van der Waals surface area contributed by atoms with Gasteiger partial charge in [0.25, 0.3) is 0 Å². The Kier molecular flexibility index (Phi) is 1.77. The molecule has 0 aromatic rings. The van der Waals surface area contributed by atoms with E-state index in [0.29, 0.717) is 6.73 Å². The van der Waals surface area contributed by atoms with E-state index in [9.17, 15) is 0 Å². The van der Waals surface area contributed by atoms with Crippen molar-refractivity contribution >= 4 is 6.21 Å². The second-order valence-corrected chi connectivity index (χ2v) is 1.56. The Balaban J connectivity index is 2.27. The highest BCUT2D eigenvalue weighted by Gasteiger charge is 2.01. The summed E-state index contributed by atoms with van der Waals surface area (Å²) < 4.78 is 4.82. The van der Waals surface area contributed by atoms with Crippen molar-refractivity contribution in [3.63, 3.8) is 0 Å². The van der Waals surface area contributed by atoms with E-state index >= 15 is 0 Å². The zero-order chi connectivity index (χ0) is 5.82. The molecule has 1 rings (SSSR count). The van der Waals surface area contributed by atoms with Crippen LogP contribution < -0.4 is 5.01 Å². The van der Waals surface area contributed by atoms with E-state index in [2.05, 4.69) is 5.10 Å². The van der Waals surface area contributed by atoms with Gasteiger partial charge in [0.2, 0.25) is 6.73 Å². The number of quaternary nitrogens is 1. The highest BCUT2D eigenvalue weighted by Crippen LogP contribution is 1.66. The number of allylic oxidation sites excluding steroid dienone is 1. The second kappa shape index (κ2) is 2.59. The number of methoxy groups -OCH3 is 1. The van der Waals surface area contributed by atoms with Gasteiger partial charge in [-0.1, -0.05) is 5.10 Å². The Bertz CT molecular complexity index is 108. The normalized spacial score (nSPS) is 24.9. The summed E-state index contributed by atoms with van der Waals surface area (Å²) in [5, 5.41) is 4.97. The Morgan fingerprint density at radius 3 is 3.12 bits per heavy atom. The van der Waals surface area contributed by atoms with Crippen LogP contribution in [0.3, 0.4) is 0 Å². The van der Waals surface area contributed by atoms with Crippen LogP contribution in [0, 0.1) is 0 Å². The topological polar surface area (TPSA) is 26.0 Å². The van der Waals surface area contributed by atoms with Crippen molar-refractivity contribution in [1.82, 2.24) is 0 Å². The standard InChI is InChI=1S/C5H8N2O/c1-8-5-7-4-2-3-6-7/h2-4H,5H2,1H3/p+1. The van der Waals surface area contributed by atoms with Gasteiger partial charge in [-0.3, -0.25) is 0 Å². The maximum atomic E-state index is 4.82. The van der Waals surface area contributed by atoms with Gasteiger partial charge in [-0.2, -0.15) is 5.01 Å². The van der Waals surface area contributed by atoms with Gasteiger partial charge in [0.1, 0.15) is 6.20 Å². The van der Waals surface area contributed by atoms with Crippen LogP contribution in [0.2, 0.25) is 0 Å². The molecule has 0 aromatic carbocycles. The van der Waals surface area contributed by atoms with Gasteiger partial charge in [0.15, 0.2) is 0 Å². The molecule has 1 aliphatic rings.